The van der Waals surface area contributed by atoms with Gasteiger partial charge in [-0.3, -0.25) is 4.79 Å². The molecular formula is C18H20N2OS. The first-order valence-corrected chi connectivity index (χ1v) is 9.60. The number of fused-ring (bicyclic) bond motifs is 1. The van der Waals surface area contributed by atoms with Crippen LogP contribution in [0.4, 0.5) is 0 Å². The fourth-order valence-electron chi connectivity index (χ4n) is 2.57. The average Bonchev–Trinajstić information content (AvgIpc) is 2.91. The zero-order valence-electron chi connectivity index (χ0n) is 13.0. The van der Waals surface area contributed by atoms with E-state index in [1.807, 2.05) is 36.5 Å². The van der Waals surface area contributed by atoms with E-state index in [0.29, 0.717) is 5.56 Å². The molecule has 0 unspecified atom stereocenters. The Bertz CT molecular complexity index is 821. The molecule has 22 heavy (non-hydrogen) atoms. The maximum Gasteiger partial charge on any atom is 0.260 e. The third-order valence-electron chi connectivity index (χ3n) is 3.73. The molecule has 3 rings (SSSR count). The van der Waals surface area contributed by atoms with Crippen molar-refractivity contribution in [3.05, 3.63) is 65.9 Å². The number of carbonyl (C=O) groups is 1. The number of hydrogen-bond acceptors (Lipinski definition) is 1. The van der Waals surface area contributed by atoms with Crippen molar-refractivity contribution in [1.29, 1.82) is 0 Å². The third kappa shape index (κ3) is 2.74. The van der Waals surface area contributed by atoms with Gasteiger partial charge in [0.25, 0.3) is 5.91 Å². The minimum Gasteiger partial charge on any atom is -0.360 e. The van der Waals surface area contributed by atoms with Crippen LogP contribution in [0.1, 0.15) is 15.9 Å². The average molecular weight is 312 g/mol. The van der Waals surface area contributed by atoms with E-state index in [4.69, 9.17) is 0 Å². The van der Waals surface area contributed by atoms with Gasteiger partial charge in [-0.05, 0) is 43.2 Å². The van der Waals surface area contributed by atoms with E-state index in [1.165, 1.54) is 15.8 Å². The van der Waals surface area contributed by atoms with Crippen molar-refractivity contribution in [3.63, 3.8) is 0 Å². The molecule has 0 spiro atoms. The molecule has 0 saturated heterocycles. The monoisotopic (exact) mass is 312 g/mol. The number of aromatic amines is 1. The van der Waals surface area contributed by atoms with Crippen molar-refractivity contribution in [1.82, 2.24) is 9.71 Å². The van der Waals surface area contributed by atoms with E-state index < -0.39 is 10.2 Å². The van der Waals surface area contributed by atoms with Crippen LogP contribution in [0.25, 0.3) is 10.9 Å². The summed E-state index contributed by atoms with van der Waals surface area (Å²) in [4.78, 5) is 16.9. The number of carbonyl (C=O) groups excluding carboxylic acids is 1. The van der Waals surface area contributed by atoms with Gasteiger partial charge in [-0.25, -0.2) is 0 Å². The van der Waals surface area contributed by atoms with Crippen molar-refractivity contribution in [2.24, 2.45) is 0 Å². The molecule has 0 aliphatic carbocycles. The minimum absolute atomic E-state index is 0.0259. The molecule has 0 saturated carbocycles. The molecule has 2 N–H and O–H groups in total. The number of nitrogens with one attached hydrogen (secondary N) is 2. The van der Waals surface area contributed by atoms with Crippen LogP contribution in [0.3, 0.4) is 0 Å². The van der Waals surface area contributed by atoms with Crippen molar-refractivity contribution in [2.75, 3.05) is 12.5 Å². The topological polar surface area (TPSA) is 44.9 Å². The highest BCUT2D eigenvalue weighted by molar-refractivity contribution is 8.31. The normalized spacial score (nSPS) is 12.3. The van der Waals surface area contributed by atoms with Gasteiger partial charge in [0.1, 0.15) is 0 Å². The van der Waals surface area contributed by atoms with Crippen LogP contribution in [0, 0.1) is 6.92 Å². The molecule has 0 radical (unpaired) electrons. The fraction of sp³-hybridized carbons (Fsp3) is 0.167. The largest absolute Gasteiger partial charge is 0.360 e. The highest BCUT2D eigenvalue weighted by Gasteiger charge is 2.21. The lowest BCUT2D eigenvalue weighted by Gasteiger charge is -2.32. The molecule has 0 fully saturated rings. The molecule has 0 bridgehead atoms. The van der Waals surface area contributed by atoms with Crippen LogP contribution >= 0.6 is 10.2 Å². The maximum atomic E-state index is 12.4. The molecule has 4 heteroatoms. The Morgan fingerprint density at radius 3 is 2.55 bits per heavy atom. The molecule has 3 nitrogen and oxygen atoms in total. The summed E-state index contributed by atoms with van der Waals surface area (Å²) in [5, 5.41) is 1.18. The summed E-state index contributed by atoms with van der Waals surface area (Å²) in [7, 11) is -1.43. The first-order valence-electron chi connectivity index (χ1n) is 7.15. The van der Waals surface area contributed by atoms with E-state index in [9.17, 15) is 4.79 Å². The van der Waals surface area contributed by atoms with Gasteiger partial charge in [-0.1, -0.05) is 30.3 Å². The van der Waals surface area contributed by atoms with Crippen molar-refractivity contribution in [2.45, 2.75) is 11.8 Å². The number of H-pyrrole nitrogens is 1. The Balaban J connectivity index is 1.93. The molecule has 1 heterocycles. The van der Waals surface area contributed by atoms with E-state index >= 15 is 0 Å². The Labute approximate surface area is 132 Å². The fourth-order valence-corrected chi connectivity index (χ4v) is 4.34. The number of benzene rings is 2. The van der Waals surface area contributed by atoms with Gasteiger partial charge >= 0.3 is 0 Å². The lowest BCUT2D eigenvalue weighted by atomic mass is 10.2. The van der Waals surface area contributed by atoms with Gasteiger partial charge in [0.05, 0.1) is 0 Å². The molecule has 0 aliphatic heterocycles. The SMILES string of the molecule is Cc1ccc2c(S(C)(C)NC(=O)c3ccccc3)c[nH]c2c1. The highest BCUT2D eigenvalue weighted by Crippen LogP contribution is 2.48. The van der Waals surface area contributed by atoms with Gasteiger partial charge in [0.2, 0.25) is 0 Å². The number of amides is 1. The van der Waals surface area contributed by atoms with Gasteiger partial charge in [0.15, 0.2) is 0 Å². The second kappa shape index (κ2) is 5.54. The second-order valence-corrected chi connectivity index (χ2v) is 9.12. The second-order valence-electron chi connectivity index (χ2n) is 5.83. The predicted octanol–water partition coefficient (Wildman–Crippen LogP) is 4.24. The summed E-state index contributed by atoms with van der Waals surface area (Å²) < 4.78 is 3.21. The highest BCUT2D eigenvalue weighted by atomic mass is 32.3. The number of hydrogen-bond donors (Lipinski definition) is 2. The first-order chi connectivity index (χ1) is 10.5. The summed E-state index contributed by atoms with van der Waals surface area (Å²) in [6, 6.07) is 15.7. The Morgan fingerprint density at radius 2 is 1.82 bits per heavy atom. The summed E-state index contributed by atoms with van der Waals surface area (Å²) in [5.41, 5.74) is 3.03. The lowest BCUT2D eigenvalue weighted by molar-refractivity contribution is 0.0983. The summed E-state index contributed by atoms with van der Waals surface area (Å²) >= 11 is 0. The standard InChI is InChI=1S/C18H20N2OS/c1-13-9-10-15-16(11-13)19-12-17(15)22(2,3)20-18(21)14-7-5-4-6-8-14/h4-12,19H,1-3H3,(H,20,21). The summed E-state index contributed by atoms with van der Waals surface area (Å²) in [5.74, 6) is -0.0259. The Morgan fingerprint density at radius 1 is 1.09 bits per heavy atom. The van der Waals surface area contributed by atoms with Gasteiger partial charge in [-0.15, -0.1) is 10.2 Å². The summed E-state index contributed by atoms with van der Waals surface area (Å²) in [6.07, 6.45) is 6.23. The van der Waals surface area contributed by atoms with Gasteiger partial charge in [-0.2, -0.15) is 0 Å². The van der Waals surface area contributed by atoms with Gasteiger partial charge in [0, 0.05) is 27.6 Å². The minimum atomic E-state index is -1.43. The lowest BCUT2D eigenvalue weighted by Crippen LogP contribution is -2.26. The molecular weight excluding hydrogens is 292 g/mol. The van der Waals surface area contributed by atoms with Crippen molar-refractivity contribution in [3.8, 4) is 0 Å². The van der Waals surface area contributed by atoms with Crippen LogP contribution in [0.15, 0.2) is 59.6 Å². The van der Waals surface area contributed by atoms with Crippen LogP contribution in [-0.2, 0) is 0 Å². The number of aryl methyl sites for hydroxylation is 1. The van der Waals surface area contributed by atoms with Crippen LogP contribution < -0.4 is 4.72 Å². The molecule has 114 valence electrons. The third-order valence-corrected chi connectivity index (χ3v) is 5.87. The summed E-state index contributed by atoms with van der Waals surface area (Å²) in [6.45, 7) is 2.08. The molecule has 1 amide bonds. The van der Waals surface area contributed by atoms with E-state index in [2.05, 4.69) is 47.3 Å². The van der Waals surface area contributed by atoms with E-state index in [0.717, 1.165) is 5.52 Å². The number of aromatic nitrogens is 1. The van der Waals surface area contributed by atoms with Crippen molar-refractivity contribution >= 4 is 27.0 Å². The first kappa shape index (κ1) is 14.7. The number of rotatable bonds is 3. The molecule has 0 atom stereocenters. The Kier molecular flexibility index (Phi) is 3.71. The van der Waals surface area contributed by atoms with Crippen LogP contribution in [0.5, 0.6) is 0 Å². The quantitative estimate of drug-likeness (QED) is 0.746. The molecule has 3 aromatic rings. The van der Waals surface area contributed by atoms with E-state index in [-0.39, 0.29) is 5.91 Å². The van der Waals surface area contributed by atoms with Crippen molar-refractivity contribution < 1.29 is 4.79 Å². The molecule has 2 aromatic carbocycles. The Hall–Kier alpha value is -2.20. The predicted molar refractivity (Wildman–Crippen MR) is 94.6 cm³/mol. The smallest absolute Gasteiger partial charge is 0.260 e. The van der Waals surface area contributed by atoms with Crippen LogP contribution in [-0.4, -0.2) is 23.4 Å². The molecule has 0 aliphatic rings. The van der Waals surface area contributed by atoms with Crippen LogP contribution in [0.2, 0.25) is 0 Å². The zero-order valence-corrected chi connectivity index (χ0v) is 13.8. The zero-order chi connectivity index (χ0) is 15.7. The maximum absolute atomic E-state index is 12.4. The van der Waals surface area contributed by atoms with E-state index in [1.54, 1.807) is 0 Å². The van der Waals surface area contributed by atoms with Gasteiger partial charge < -0.3 is 9.71 Å². The molecule has 1 aromatic heterocycles.